The van der Waals surface area contributed by atoms with Crippen molar-refractivity contribution in [3.05, 3.63) is 30.2 Å². The third kappa shape index (κ3) is 2.96. The molecule has 1 aliphatic heterocycles. The molecule has 0 aromatic carbocycles. The second kappa shape index (κ2) is 6.00. The molecule has 1 aliphatic rings. The first-order valence-electron chi connectivity index (χ1n) is 7.09. The van der Waals surface area contributed by atoms with E-state index in [0.717, 1.165) is 31.0 Å². The van der Waals surface area contributed by atoms with Crippen molar-refractivity contribution < 1.29 is 4.79 Å². The van der Waals surface area contributed by atoms with Gasteiger partial charge in [0, 0.05) is 25.6 Å². The largest absolute Gasteiger partial charge is 0.356 e. The van der Waals surface area contributed by atoms with Crippen LogP contribution in [0.4, 0.5) is 0 Å². The highest BCUT2D eigenvalue weighted by Crippen LogP contribution is 2.11. The lowest BCUT2D eigenvalue weighted by molar-refractivity contribution is -0.121. The molecule has 0 bridgehead atoms. The van der Waals surface area contributed by atoms with Gasteiger partial charge in [-0.2, -0.15) is 0 Å². The van der Waals surface area contributed by atoms with Crippen molar-refractivity contribution in [1.29, 1.82) is 0 Å². The number of nitrogens with zero attached hydrogens (tertiary/aromatic N) is 3. The molecular formula is C14H19N5O. The molecule has 1 fully saturated rings. The Kier molecular flexibility index (Phi) is 3.92. The second-order valence-electron chi connectivity index (χ2n) is 5.21. The minimum absolute atomic E-state index is 0.132. The van der Waals surface area contributed by atoms with Crippen LogP contribution in [0.2, 0.25) is 0 Å². The fourth-order valence-electron chi connectivity index (χ4n) is 2.60. The lowest BCUT2D eigenvalue weighted by Crippen LogP contribution is -2.28. The zero-order valence-corrected chi connectivity index (χ0v) is 11.4. The summed E-state index contributed by atoms with van der Waals surface area (Å²) in [6.45, 7) is 2.60. The van der Waals surface area contributed by atoms with Crippen LogP contribution >= 0.6 is 0 Å². The molecule has 6 heteroatoms. The maximum Gasteiger partial charge on any atom is 0.220 e. The van der Waals surface area contributed by atoms with Crippen molar-refractivity contribution in [3.8, 4) is 0 Å². The number of carbonyl (C=O) groups is 1. The van der Waals surface area contributed by atoms with Crippen LogP contribution in [0, 0.1) is 5.92 Å². The van der Waals surface area contributed by atoms with Gasteiger partial charge in [-0.25, -0.2) is 0 Å². The molecule has 1 unspecified atom stereocenters. The number of hydrogen-bond acceptors (Lipinski definition) is 4. The van der Waals surface area contributed by atoms with Crippen LogP contribution in [0.5, 0.6) is 0 Å². The lowest BCUT2D eigenvalue weighted by Gasteiger charge is -2.08. The quantitative estimate of drug-likeness (QED) is 0.826. The molecule has 0 saturated carbocycles. The van der Waals surface area contributed by atoms with Gasteiger partial charge >= 0.3 is 0 Å². The Hall–Kier alpha value is -1.95. The van der Waals surface area contributed by atoms with Gasteiger partial charge in [0.25, 0.3) is 0 Å². The van der Waals surface area contributed by atoms with Gasteiger partial charge in [0.15, 0.2) is 5.65 Å². The summed E-state index contributed by atoms with van der Waals surface area (Å²) < 4.78 is 1.95. The average Bonchev–Trinajstić information content (AvgIpc) is 3.09. The van der Waals surface area contributed by atoms with Gasteiger partial charge in [-0.1, -0.05) is 6.07 Å². The van der Waals surface area contributed by atoms with E-state index in [4.69, 9.17) is 0 Å². The predicted molar refractivity (Wildman–Crippen MR) is 75.3 cm³/mol. The highest BCUT2D eigenvalue weighted by molar-refractivity contribution is 5.76. The van der Waals surface area contributed by atoms with Crippen molar-refractivity contribution in [3.63, 3.8) is 0 Å². The number of rotatable bonds is 5. The minimum Gasteiger partial charge on any atom is -0.356 e. The van der Waals surface area contributed by atoms with Crippen molar-refractivity contribution in [2.45, 2.75) is 19.3 Å². The summed E-state index contributed by atoms with van der Waals surface area (Å²) in [5, 5.41) is 14.5. The third-order valence-electron chi connectivity index (χ3n) is 3.69. The van der Waals surface area contributed by atoms with Gasteiger partial charge in [-0.3, -0.25) is 9.20 Å². The molecule has 0 spiro atoms. The zero-order chi connectivity index (χ0) is 13.8. The number of pyridine rings is 1. The molecule has 2 aromatic rings. The molecule has 106 valence electrons. The van der Waals surface area contributed by atoms with Crippen LogP contribution in [0.25, 0.3) is 5.65 Å². The molecule has 0 aliphatic carbocycles. The lowest BCUT2D eigenvalue weighted by atomic mass is 10.0. The Balaban J connectivity index is 1.48. The molecular weight excluding hydrogens is 254 g/mol. The van der Waals surface area contributed by atoms with Gasteiger partial charge in [0.2, 0.25) is 5.91 Å². The SMILES string of the molecule is O=C(CC1CCNC1)NCCc1nnc2ccccn12. The summed E-state index contributed by atoms with van der Waals surface area (Å²) in [5.41, 5.74) is 0.839. The monoisotopic (exact) mass is 273 g/mol. The third-order valence-corrected chi connectivity index (χ3v) is 3.69. The first kappa shape index (κ1) is 13.1. The van der Waals surface area contributed by atoms with Crippen molar-refractivity contribution in [2.75, 3.05) is 19.6 Å². The summed E-state index contributed by atoms with van der Waals surface area (Å²) in [6.07, 6.45) is 4.35. The molecule has 3 rings (SSSR count). The van der Waals surface area contributed by atoms with Crippen LogP contribution in [0.15, 0.2) is 24.4 Å². The van der Waals surface area contributed by atoms with Crippen LogP contribution in [0.1, 0.15) is 18.7 Å². The first-order valence-corrected chi connectivity index (χ1v) is 7.09. The Morgan fingerprint density at radius 2 is 2.40 bits per heavy atom. The van der Waals surface area contributed by atoms with E-state index in [9.17, 15) is 4.79 Å². The van der Waals surface area contributed by atoms with Crippen LogP contribution < -0.4 is 10.6 Å². The Labute approximate surface area is 117 Å². The van der Waals surface area contributed by atoms with E-state index in [1.807, 2.05) is 28.8 Å². The first-order chi connectivity index (χ1) is 9.83. The van der Waals surface area contributed by atoms with Crippen molar-refractivity contribution in [1.82, 2.24) is 25.2 Å². The molecule has 2 N–H and O–H groups in total. The van der Waals surface area contributed by atoms with E-state index in [0.29, 0.717) is 25.3 Å². The molecule has 0 radical (unpaired) electrons. The van der Waals surface area contributed by atoms with Gasteiger partial charge in [-0.15, -0.1) is 10.2 Å². The molecule has 2 aromatic heterocycles. The van der Waals surface area contributed by atoms with E-state index < -0.39 is 0 Å². The molecule has 3 heterocycles. The fraction of sp³-hybridized carbons (Fsp3) is 0.500. The number of amides is 1. The van der Waals surface area contributed by atoms with Crippen molar-refractivity contribution >= 4 is 11.6 Å². The molecule has 1 atom stereocenters. The van der Waals surface area contributed by atoms with Gasteiger partial charge in [0.1, 0.15) is 5.82 Å². The van der Waals surface area contributed by atoms with Gasteiger partial charge < -0.3 is 10.6 Å². The number of nitrogens with one attached hydrogen (secondary N) is 2. The Morgan fingerprint density at radius 1 is 1.45 bits per heavy atom. The molecule has 6 nitrogen and oxygen atoms in total. The normalized spacial score (nSPS) is 18.5. The topological polar surface area (TPSA) is 71.3 Å². The van der Waals surface area contributed by atoms with E-state index in [2.05, 4.69) is 20.8 Å². The van der Waals surface area contributed by atoms with E-state index in [1.54, 1.807) is 0 Å². The Morgan fingerprint density at radius 3 is 3.25 bits per heavy atom. The van der Waals surface area contributed by atoms with E-state index >= 15 is 0 Å². The van der Waals surface area contributed by atoms with E-state index in [1.165, 1.54) is 0 Å². The van der Waals surface area contributed by atoms with E-state index in [-0.39, 0.29) is 5.91 Å². The molecule has 1 saturated heterocycles. The summed E-state index contributed by atoms with van der Waals surface area (Å²) in [4.78, 5) is 11.8. The Bertz CT molecular complexity index is 588. The number of fused-ring (bicyclic) bond motifs is 1. The maximum absolute atomic E-state index is 11.8. The summed E-state index contributed by atoms with van der Waals surface area (Å²) in [5.74, 6) is 1.50. The number of carbonyl (C=O) groups excluding carboxylic acids is 1. The fourth-order valence-corrected chi connectivity index (χ4v) is 2.60. The van der Waals surface area contributed by atoms with Gasteiger partial charge in [0.05, 0.1) is 0 Å². The summed E-state index contributed by atoms with van der Waals surface area (Å²) in [6, 6.07) is 5.80. The predicted octanol–water partition coefficient (Wildman–Crippen LogP) is 0.388. The van der Waals surface area contributed by atoms with Crippen LogP contribution in [-0.4, -0.2) is 40.1 Å². The van der Waals surface area contributed by atoms with Crippen LogP contribution in [-0.2, 0) is 11.2 Å². The maximum atomic E-state index is 11.8. The van der Waals surface area contributed by atoms with Gasteiger partial charge in [-0.05, 0) is 37.6 Å². The standard InChI is InChI=1S/C14H19N5O/c20-14(9-11-4-6-15-10-11)16-7-5-13-18-17-12-3-1-2-8-19(12)13/h1-3,8,11,15H,4-7,9-10H2,(H,16,20). The smallest absolute Gasteiger partial charge is 0.220 e. The van der Waals surface area contributed by atoms with Crippen molar-refractivity contribution in [2.24, 2.45) is 5.92 Å². The second-order valence-corrected chi connectivity index (χ2v) is 5.21. The molecule has 1 amide bonds. The zero-order valence-electron chi connectivity index (χ0n) is 11.4. The average molecular weight is 273 g/mol. The number of aromatic nitrogens is 3. The summed E-state index contributed by atoms with van der Waals surface area (Å²) >= 11 is 0. The summed E-state index contributed by atoms with van der Waals surface area (Å²) in [7, 11) is 0. The highest BCUT2D eigenvalue weighted by Gasteiger charge is 2.17. The van der Waals surface area contributed by atoms with Crippen LogP contribution in [0.3, 0.4) is 0 Å². The highest BCUT2D eigenvalue weighted by atomic mass is 16.1. The minimum atomic E-state index is 0.132. The molecule has 20 heavy (non-hydrogen) atoms. The number of hydrogen-bond donors (Lipinski definition) is 2.